The van der Waals surface area contributed by atoms with Crippen molar-refractivity contribution < 1.29 is 24.5 Å². The van der Waals surface area contributed by atoms with Gasteiger partial charge in [-0.1, -0.05) is 65.8 Å². The van der Waals surface area contributed by atoms with E-state index in [0.717, 1.165) is 80.7 Å². The van der Waals surface area contributed by atoms with Gasteiger partial charge in [0.15, 0.2) is 0 Å². The first-order valence-corrected chi connectivity index (χ1v) is 29.3. The molecule has 1 atom stereocenters. The molecule has 61 heavy (non-hydrogen) atoms. The molecule has 1 unspecified atom stereocenters. The van der Waals surface area contributed by atoms with E-state index < -0.39 is 13.3 Å². The molecule has 0 amide bonds. The average Bonchev–Trinajstić information content (AvgIpc) is 3.65. The third-order valence-electron chi connectivity index (χ3n) is 12.8. The Morgan fingerprint density at radius 3 is 2.15 bits per heavy atom. The minimum absolute atomic E-state index is 0. The number of pyridine rings is 3. The van der Waals surface area contributed by atoms with Crippen LogP contribution in [0.25, 0.3) is 67.0 Å². The summed E-state index contributed by atoms with van der Waals surface area (Å²) in [5, 5.41) is 2.09. The summed E-state index contributed by atoms with van der Waals surface area (Å²) in [6, 6.07) is 48.8. The third kappa shape index (κ3) is 9.70. The standard InChI is InChI=1S/C31H27N2O.C24H28GeN.Ir/c1-2-5-23(6-3-1)28-14-13-26-25-7-4-8-27(30(25)34-31(26)33-28)29-19-21(15-16-32-29)18-24-17-20-9-11-22(24)12-10-20;1-18(2)14-22-16-24(26-17-23(22)25(3,4)5)21-13-9-12-20(15-21)19-10-7-6-8-11-19;/h1-7,13-16,19-20,22,24H,9-12,17-18H2;6-12,15-18H,14H2,1-5H3;/q2*-1;. The number of hydrogen-bond acceptors (Lipinski definition) is 4. The first-order valence-electron chi connectivity index (χ1n) is 22.0. The topological polar surface area (TPSA) is 51.8 Å². The van der Waals surface area contributed by atoms with E-state index in [1.54, 1.807) is 0 Å². The molecule has 8 aromatic rings. The minimum Gasteiger partial charge on any atom is -0.486 e. The Morgan fingerprint density at radius 2 is 1.44 bits per heavy atom. The fourth-order valence-corrected chi connectivity index (χ4v) is 13.1. The van der Waals surface area contributed by atoms with Gasteiger partial charge in [-0.15, -0.1) is 18.2 Å². The van der Waals surface area contributed by atoms with E-state index in [1.807, 2.05) is 36.5 Å². The van der Waals surface area contributed by atoms with Gasteiger partial charge in [0.1, 0.15) is 0 Å². The van der Waals surface area contributed by atoms with Gasteiger partial charge in [0.25, 0.3) is 0 Å². The van der Waals surface area contributed by atoms with Crippen LogP contribution in [0.5, 0.6) is 0 Å². The van der Waals surface area contributed by atoms with Crippen LogP contribution in [0.3, 0.4) is 0 Å². The molecule has 0 aliphatic heterocycles. The maximum atomic E-state index is 6.35. The maximum absolute atomic E-state index is 6.35. The van der Waals surface area contributed by atoms with Gasteiger partial charge in [0, 0.05) is 37.3 Å². The second-order valence-corrected chi connectivity index (χ2v) is 29.1. The maximum Gasteiger partial charge on any atom is 0.216 e. The Labute approximate surface area is 378 Å². The first-order chi connectivity index (χ1) is 29.2. The molecule has 0 N–H and O–H groups in total. The van der Waals surface area contributed by atoms with Crippen molar-refractivity contribution in [1.82, 2.24) is 15.0 Å². The SMILES string of the molecule is CC(C)Cc1cc(-c2[c-]ccc(-c3ccccc3)c2)nc[c]1[Ge]([CH3])([CH3])[CH3].[Ir].[c-]1ccc2c(oc3nc(-c4ccccc4)ccc32)c1-c1cc(CC2CC3CCC2CC3)ccn1. The van der Waals surface area contributed by atoms with Crippen LogP contribution in [0.15, 0.2) is 138 Å². The smallest absolute Gasteiger partial charge is 0.216 e. The molecule has 3 saturated carbocycles. The minimum atomic E-state index is -1.93. The van der Waals surface area contributed by atoms with Crippen LogP contribution in [0.4, 0.5) is 0 Å². The number of fused-ring (bicyclic) bond motifs is 6. The largest absolute Gasteiger partial charge is 0.486 e. The van der Waals surface area contributed by atoms with Crippen LogP contribution in [-0.2, 0) is 32.9 Å². The van der Waals surface area contributed by atoms with Crippen molar-refractivity contribution in [3.05, 3.63) is 157 Å². The summed E-state index contributed by atoms with van der Waals surface area (Å²) in [5.74, 6) is 10.7. The number of nitrogens with zero attached hydrogens (tertiary/aromatic N) is 3. The zero-order valence-electron chi connectivity index (χ0n) is 36.0. The summed E-state index contributed by atoms with van der Waals surface area (Å²) in [7, 11) is 0. The van der Waals surface area contributed by atoms with Crippen molar-refractivity contribution in [3.63, 3.8) is 0 Å². The van der Waals surface area contributed by atoms with Gasteiger partial charge in [-0.3, -0.25) is 0 Å². The van der Waals surface area contributed by atoms with Gasteiger partial charge < -0.3 is 9.40 Å². The van der Waals surface area contributed by atoms with Gasteiger partial charge >= 0.3 is 161 Å². The van der Waals surface area contributed by atoms with Crippen LogP contribution in [0.2, 0.25) is 17.3 Å². The molecule has 0 spiro atoms. The molecule has 1 radical (unpaired) electrons. The molecule has 0 saturated heterocycles. The second kappa shape index (κ2) is 18.7. The average molecular weight is 1040 g/mol. The molecule has 3 aliphatic rings. The van der Waals surface area contributed by atoms with Crippen molar-refractivity contribution in [2.75, 3.05) is 0 Å². The van der Waals surface area contributed by atoms with Crippen LogP contribution in [-0.4, -0.2) is 28.2 Å². The quantitative estimate of drug-likeness (QED) is 0.107. The number of rotatable bonds is 9. The van der Waals surface area contributed by atoms with Gasteiger partial charge in [-0.25, -0.2) is 4.98 Å². The summed E-state index contributed by atoms with van der Waals surface area (Å²) in [4.78, 5) is 14.4. The number of furan rings is 1. The fraction of sp³-hybridized carbons (Fsp3) is 0.291. The zero-order chi connectivity index (χ0) is 41.2. The van der Waals surface area contributed by atoms with E-state index in [1.165, 1.54) is 58.8 Å². The Hall–Kier alpha value is -4.68. The Kier molecular flexibility index (Phi) is 13.2. The molecule has 3 fully saturated rings. The van der Waals surface area contributed by atoms with Crippen LogP contribution in [0.1, 0.15) is 57.1 Å². The van der Waals surface area contributed by atoms with Crippen molar-refractivity contribution in [2.45, 2.75) is 76.1 Å². The van der Waals surface area contributed by atoms with Crippen LogP contribution in [0, 0.1) is 35.8 Å². The van der Waals surface area contributed by atoms with E-state index in [0.29, 0.717) is 11.6 Å². The molecule has 6 heteroatoms. The van der Waals surface area contributed by atoms with E-state index >= 15 is 0 Å². The van der Waals surface area contributed by atoms with Crippen molar-refractivity contribution >= 4 is 39.7 Å². The monoisotopic (exact) mass is 1040 g/mol. The molecular weight excluding hydrogens is 983 g/mol. The molecular formula is C55H55GeIrN3O-2. The summed E-state index contributed by atoms with van der Waals surface area (Å²) in [6.45, 7) is 4.59. The molecule has 11 rings (SSSR count). The summed E-state index contributed by atoms with van der Waals surface area (Å²) >= 11 is -1.93. The molecule has 4 aromatic heterocycles. The molecule has 3 aliphatic carbocycles. The fourth-order valence-electron chi connectivity index (χ4n) is 9.74. The molecule has 4 heterocycles. The van der Waals surface area contributed by atoms with Gasteiger partial charge in [-0.05, 0) is 67.3 Å². The second-order valence-electron chi connectivity index (χ2n) is 18.6. The summed E-state index contributed by atoms with van der Waals surface area (Å²) in [6.07, 6.45) is 13.5. The summed E-state index contributed by atoms with van der Waals surface area (Å²) in [5.41, 5.74) is 12.7. The number of aromatic nitrogens is 3. The first kappa shape index (κ1) is 43.0. The van der Waals surface area contributed by atoms with Crippen molar-refractivity contribution in [3.8, 4) is 44.9 Å². The van der Waals surface area contributed by atoms with Crippen LogP contribution < -0.4 is 4.40 Å². The normalized spacial score (nSPS) is 17.2. The van der Waals surface area contributed by atoms with Crippen molar-refractivity contribution in [1.29, 1.82) is 0 Å². The van der Waals surface area contributed by atoms with Crippen molar-refractivity contribution in [2.24, 2.45) is 23.7 Å². The van der Waals surface area contributed by atoms with Crippen LogP contribution >= 0.6 is 0 Å². The summed E-state index contributed by atoms with van der Waals surface area (Å²) < 4.78 is 7.88. The Morgan fingerprint density at radius 1 is 0.705 bits per heavy atom. The van der Waals surface area contributed by atoms with E-state index in [9.17, 15) is 0 Å². The van der Waals surface area contributed by atoms with Gasteiger partial charge in [0.05, 0.1) is 11.3 Å². The predicted octanol–water partition coefficient (Wildman–Crippen LogP) is 13.8. The van der Waals surface area contributed by atoms with Gasteiger partial charge in [-0.2, -0.15) is 0 Å². The van der Waals surface area contributed by atoms with E-state index in [4.69, 9.17) is 19.4 Å². The Bertz CT molecular complexity index is 2730. The molecule has 2 bridgehead atoms. The zero-order valence-corrected chi connectivity index (χ0v) is 40.5. The molecule has 4 nitrogen and oxygen atoms in total. The number of benzene rings is 4. The van der Waals surface area contributed by atoms with E-state index in [2.05, 4.69) is 140 Å². The molecule has 4 aromatic carbocycles. The van der Waals surface area contributed by atoms with E-state index in [-0.39, 0.29) is 20.1 Å². The Balaban J connectivity index is 0.000000172. The molecule has 311 valence electrons. The third-order valence-corrected chi connectivity index (χ3v) is 17.1. The number of hydrogen-bond donors (Lipinski definition) is 0. The van der Waals surface area contributed by atoms with Gasteiger partial charge in [0.2, 0.25) is 5.71 Å². The predicted molar refractivity (Wildman–Crippen MR) is 252 cm³/mol.